The van der Waals surface area contributed by atoms with Crippen molar-refractivity contribution in [3.05, 3.63) is 68.7 Å². The predicted octanol–water partition coefficient (Wildman–Crippen LogP) is 4.81. The molecule has 0 saturated carbocycles. The molecule has 0 radical (unpaired) electrons. The minimum Gasteiger partial charge on any atom is -0.294 e. The number of hydrogen-bond donors (Lipinski definition) is 0. The normalized spacial score (nSPS) is 10.5. The molecule has 19 heavy (non-hydrogen) atoms. The summed E-state index contributed by atoms with van der Waals surface area (Å²) < 4.78 is 27.1. The lowest BCUT2D eigenvalue weighted by Crippen LogP contribution is -2.06. The Hall–Kier alpha value is -1.26. The Bertz CT molecular complexity index is 643. The van der Waals surface area contributed by atoms with Crippen molar-refractivity contribution in [2.45, 2.75) is 6.42 Å². The largest absolute Gasteiger partial charge is 0.294 e. The average Bonchev–Trinajstić information content (AvgIpc) is 2.38. The van der Waals surface area contributed by atoms with Crippen molar-refractivity contribution in [3.8, 4) is 0 Å². The minimum atomic E-state index is -0.983. The van der Waals surface area contributed by atoms with Gasteiger partial charge in [-0.2, -0.15) is 0 Å². The zero-order valence-electron chi connectivity index (χ0n) is 9.59. The smallest absolute Gasteiger partial charge is 0.167 e. The van der Waals surface area contributed by atoms with Crippen molar-refractivity contribution in [1.82, 2.24) is 0 Å². The molecule has 98 valence electrons. The Labute approximate surface area is 122 Å². The van der Waals surface area contributed by atoms with Gasteiger partial charge in [-0.05, 0) is 45.8 Å². The van der Waals surface area contributed by atoms with E-state index < -0.39 is 11.6 Å². The van der Waals surface area contributed by atoms with E-state index in [2.05, 4.69) is 15.9 Å². The van der Waals surface area contributed by atoms with Crippen LogP contribution in [0.25, 0.3) is 0 Å². The first-order valence-corrected chi connectivity index (χ1v) is 6.57. The van der Waals surface area contributed by atoms with Gasteiger partial charge in [0.2, 0.25) is 0 Å². The zero-order chi connectivity index (χ0) is 14.0. The molecule has 0 aliphatic heterocycles. The summed E-state index contributed by atoms with van der Waals surface area (Å²) in [4.78, 5) is 12.0. The Morgan fingerprint density at radius 2 is 1.95 bits per heavy atom. The molecule has 5 heteroatoms. The van der Waals surface area contributed by atoms with E-state index in [-0.39, 0.29) is 17.8 Å². The van der Waals surface area contributed by atoms with Crippen LogP contribution in [0, 0.1) is 11.6 Å². The number of rotatable bonds is 3. The fourth-order valence-electron chi connectivity index (χ4n) is 1.63. The summed E-state index contributed by atoms with van der Waals surface area (Å²) in [7, 11) is 0. The first kappa shape index (κ1) is 14.2. The summed E-state index contributed by atoms with van der Waals surface area (Å²) in [6, 6.07) is 8.46. The van der Waals surface area contributed by atoms with Gasteiger partial charge in [0.1, 0.15) is 0 Å². The average molecular weight is 346 g/mol. The summed E-state index contributed by atoms with van der Waals surface area (Å²) in [6.07, 6.45) is -0.197. The first-order chi connectivity index (χ1) is 8.99. The lowest BCUT2D eigenvalue weighted by atomic mass is 10.0. The molecule has 0 unspecified atom stereocenters. The maximum Gasteiger partial charge on any atom is 0.167 e. The number of benzene rings is 2. The fourth-order valence-corrected chi connectivity index (χ4v) is 2.13. The van der Waals surface area contributed by atoms with Crippen LogP contribution in [0.5, 0.6) is 0 Å². The van der Waals surface area contributed by atoms with Crippen LogP contribution in [0.3, 0.4) is 0 Å². The molecule has 0 atom stereocenters. The SMILES string of the molecule is O=C(Cc1cccc(F)c1F)c1ccc(Cl)c(Br)c1. The van der Waals surface area contributed by atoms with E-state index in [1.165, 1.54) is 12.1 Å². The zero-order valence-corrected chi connectivity index (χ0v) is 11.9. The van der Waals surface area contributed by atoms with Crippen molar-refractivity contribution < 1.29 is 13.6 Å². The minimum absolute atomic E-state index is 0.0380. The molecule has 0 aliphatic rings. The van der Waals surface area contributed by atoms with E-state index in [0.29, 0.717) is 15.1 Å². The van der Waals surface area contributed by atoms with E-state index in [9.17, 15) is 13.6 Å². The molecule has 0 fully saturated rings. The fraction of sp³-hybridized carbons (Fsp3) is 0.0714. The second-order valence-electron chi connectivity index (χ2n) is 3.94. The van der Waals surface area contributed by atoms with Crippen LogP contribution < -0.4 is 0 Å². The molecule has 0 heterocycles. The molecular formula is C14H8BrClF2O. The van der Waals surface area contributed by atoms with Gasteiger partial charge in [-0.3, -0.25) is 4.79 Å². The van der Waals surface area contributed by atoms with Crippen LogP contribution in [-0.4, -0.2) is 5.78 Å². The van der Waals surface area contributed by atoms with Gasteiger partial charge in [-0.15, -0.1) is 0 Å². The number of Topliss-reactive ketones (excluding diaryl/α,β-unsaturated/α-hetero) is 1. The van der Waals surface area contributed by atoms with Gasteiger partial charge in [0.15, 0.2) is 17.4 Å². The monoisotopic (exact) mass is 344 g/mol. The molecule has 0 amide bonds. The Kier molecular flexibility index (Phi) is 4.32. The van der Waals surface area contributed by atoms with Crippen LogP contribution in [-0.2, 0) is 6.42 Å². The van der Waals surface area contributed by atoms with Crippen LogP contribution in [0.4, 0.5) is 8.78 Å². The van der Waals surface area contributed by atoms with Gasteiger partial charge < -0.3 is 0 Å². The van der Waals surface area contributed by atoms with Gasteiger partial charge in [0, 0.05) is 16.5 Å². The van der Waals surface area contributed by atoms with E-state index in [1.54, 1.807) is 18.2 Å². The lowest BCUT2D eigenvalue weighted by Gasteiger charge is -2.05. The highest BCUT2D eigenvalue weighted by molar-refractivity contribution is 9.10. The molecule has 0 N–H and O–H groups in total. The predicted molar refractivity (Wildman–Crippen MR) is 73.5 cm³/mol. The third kappa shape index (κ3) is 3.19. The number of ketones is 1. The van der Waals surface area contributed by atoms with Gasteiger partial charge >= 0.3 is 0 Å². The Morgan fingerprint density at radius 1 is 1.21 bits per heavy atom. The van der Waals surface area contributed by atoms with Crippen LogP contribution in [0.2, 0.25) is 5.02 Å². The number of carbonyl (C=O) groups is 1. The van der Waals surface area contributed by atoms with Gasteiger partial charge in [0.25, 0.3) is 0 Å². The second kappa shape index (κ2) is 5.80. The highest BCUT2D eigenvalue weighted by atomic mass is 79.9. The summed E-state index contributed by atoms with van der Waals surface area (Å²) >= 11 is 9.03. The maximum absolute atomic E-state index is 13.5. The molecule has 1 nitrogen and oxygen atoms in total. The molecule has 0 aliphatic carbocycles. The van der Waals surface area contributed by atoms with E-state index in [4.69, 9.17) is 11.6 Å². The standard InChI is InChI=1S/C14H8BrClF2O/c15-10-6-8(4-5-11(10)16)13(19)7-9-2-1-3-12(17)14(9)18/h1-6H,7H2. The highest BCUT2D eigenvalue weighted by Crippen LogP contribution is 2.24. The van der Waals surface area contributed by atoms with Crippen LogP contribution >= 0.6 is 27.5 Å². The molecule has 0 aromatic heterocycles. The molecule has 2 rings (SSSR count). The third-order valence-corrected chi connectivity index (χ3v) is 3.84. The van der Waals surface area contributed by atoms with E-state index in [0.717, 1.165) is 6.07 Å². The third-order valence-electron chi connectivity index (χ3n) is 2.62. The topological polar surface area (TPSA) is 17.1 Å². The Balaban J connectivity index is 2.26. The van der Waals surface area contributed by atoms with Crippen molar-refractivity contribution in [2.75, 3.05) is 0 Å². The van der Waals surface area contributed by atoms with Gasteiger partial charge in [-0.25, -0.2) is 8.78 Å². The first-order valence-electron chi connectivity index (χ1n) is 5.40. The number of halogens is 4. The molecular weight excluding hydrogens is 338 g/mol. The quantitative estimate of drug-likeness (QED) is 0.730. The number of hydrogen-bond acceptors (Lipinski definition) is 1. The lowest BCUT2D eigenvalue weighted by molar-refractivity contribution is 0.0991. The Morgan fingerprint density at radius 3 is 2.63 bits per heavy atom. The number of carbonyl (C=O) groups excluding carboxylic acids is 1. The molecule has 0 bridgehead atoms. The summed E-state index contributed by atoms with van der Waals surface area (Å²) in [5.74, 6) is -2.24. The molecule has 0 saturated heterocycles. The van der Waals surface area contributed by atoms with Crippen molar-refractivity contribution in [1.29, 1.82) is 0 Å². The van der Waals surface area contributed by atoms with Gasteiger partial charge in [0.05, 0.1) is 5.02 Å². The summed E-state index contributed by atoms with van der Waals surface area (Å²) in [5.41, 5.74) is 0.427. The van der Waals surface area contributed by atoms with Crippen molar-refractivity contribution in [2.24, 2.45) is 0 Å². The summed E-state index contributed by atoms with van der Waals surface area (Å²) in [5, 5.41) is 0.480. The summed E-state index contributed by atoms with van der Waals surface area (Å²) in [6.45, 7) is 0. The second-order valence-corrected chi connectivity index (χ2v) is 5.20. The highest BCUT2D eigenvalue weighted by Gasteiger charge is 2.14. The molecule has 2 aromatic rings. The van der Waals surface area contributed by atoms with Crippen LogP contribution in [0.1, 0.15) is 15.9 Å². The van der Waals surface area contributed by atoms with Crippen molar-refractivity contribution >= 4 is 33.3 Å². The van der Waals surface area contributed by atoms with E-state index in [1.807, 2.05) is 0 Å². The molecule has 0 spiro atoms. The maximum atomic E-state index is 13.5. The van der Waals surface area contributed by atoms with Crippen molar-refractivity contribution in [3.63, 3.8) is 0 Å². The van der Waals surface area contributed by atoms with Crippen LogP contribution in [0.15, 0.2) is 40.9 Å². The molecule has 2 aromatic carbocycles. The van der Waals surface area contributed by atoms with Gasteiger partial charge in [-0.1, -0.05) is 23.7 Å². The van der Waals surface area contributed by atoms with E-state index >= 15 is 0 Å².